The van der Waals surface area contributed by atoms with Crippen LogP contribution in [0.2, 0.25) is 10.0 Å². The van der Waals surface area contributed by atoms with Crippen LogP contribution in [0.25, 0.3) is 0 Å². The molecule has 0 saturated carbocycles. The molecule has 1 N–H and O–H groups in total. The molecular weight excluding hydrogens is 443 g/mol. The molecule has 1 fully saturated rings. The molecule has 0 radical (unpaired) electrons. The number of amides is 1. The first-order chi connectivity index (χ1) is 13.3. The van der Waals surface area contributed by atoms with Crippen molar-refractivity contribution in [2.75, 3.05) is 26.3 Å². The summed E-state index contributed by atoms with van der Waals surface area (Å²) >= 11 is 13.9. The molecule has 0 aliphatic carbocycles. The van der Waals surface area contributed by atoms with Gasteiger partial charge in [-0.3, -0.25) is 4.79 Å². The first kappa shape index (κ1) is 21.5. The fourth-order valence-electron chi connectivity index (χ4n) is 2.80. The molecule has 1 aliphatic rings. The molecule has 1 aliphatic heterocycles. The number of nitrogens with zero attached hydrogens (tertiary/aromatic N) is 1. The average Bonchev–Trinajstić information content (AvgIpc) is 3.15. The van der Waals surface area contributed by atoms with E-state index in [9.17, 15) is 13.2 Å². The van der Waals surface area contributed by atoms with Crippen LogP contribution in [0.4, 0.5) is 0 Å². The average molecular weight is 463 g/mol. The molecule has 6 nitrogen and oxygen atoms in total. The van der Waals surface area contributed by atoms with Crippen LogP contribution in [-0.4, -0.2) is 44.9 Å². The lowest BCUT2D eigenvalue weighted by Crippen LogP contribution is -2.40. The summed E-state index contributed by atoms with van der Waals surface area (Å²) in [7, 11) is -3.85. The molecule has 152 valence electrons. The highest BCUT2D eigenvalue weighted by Gasteiger charge is 2.30. The Morgan fingerprint density at radius 3 is 2.50 bits per heavy atom. The minimum atomic E-state index is -3.85. The molecule has 0 spiro atoms. The van der Waals surface area contributed by atoms with E-state index in [1.165, 1.54) is 21.3 Å². The minimum absolute atomic E-state index is 0.0149. The third-order valence-electron chi connectivity index (χ3n) is 4.34. The highest BCUT2D eigenvalue weighted by atomic mass is 35.5. The summed E-state index contributed by atoms with van der Waals surface area (Å²) in [6, 6.07) is 6.53. The van der Waals surface area contributed by atoms with E-state index in [2.05, 4.69) is 12.2 Å². The van der Waals surface area contributed by atoms with Gasteiger partial charge in [0.1, 0.15) is 4.90 Å². The van der Waals surface area contributed by atoms with Gasteiger partial charge in [-0.1, -0.05) is 30.1 Å². The van der Waals surface area contributed by atoms with Gasteiger partial charge in [0.15, 0.2) is 0 Å². The third kappa shape index (κ3) is 4.69. The number of ether oxygens (including phenoxy) is 1. The van der Waals surface area contributed by atoms with Crippen molar-refractivity contribution >= 4 is 50.5 Å². The maximum Gasteiger partial charge on any atom is 0.253 e. The number of aryl methyl sites for hydroxylation is 1. The predicted molar refractivity (Wildman–Crippen MR) is 111 cm³/mol. The lowest BCUT2D eigenvalue weighted by atomic mass is 10.2. The lowest BCUT2D eigenvalue weighted by Gasteiger charge is -2.26. The van der Waals surface area contributed by atoms with E-state index in [0.717, 1.165) is 11.3 Å². The van der Waals surface area contributed by atoms with E-state index < -0.39 is 15.9 Å². The van der Waals surface area contributed by atoms with Crippen LogP contribution in [0.3, 0.4) is 0 Å². The number of morpholine rings is 1. The zero-order chi connectivity index (χ0) is 20.3. The molecule has 2 heterocycles. The van der Waals surface area contributed by atoms with Gasteiger partial charge in [0.05, 0.1) is 35.4 Å². The number of carbonyl (C=O) groups is 1. The SMILES string of the molecule is CCc1ccc(CNC(=O)c2cc(S(=O)(=O)N3CCOCC3)c(Cl)cc2Cl)s1. The Balaban J connectivity index is 1.83. The van der Waals surface area contributed by atoms with Crippen LogP contribution in [0.15, 0.2) is 29.2 Å². The smallest absolute Gasteiger partial charge is 0.253 e. The van der Waals surface area contributed by atoms with Gasteiger partial charge in [-0.2, -0.15) is 4.31 Å². The van der Waals surface area contributed by atoms with Crippen LogP contribution < -0.4 is 5.32 Å². The van der Waals surface area contributed by atoms with E-state index in [1.54, 1.807) is 11.3 Å². The van der Waals surface area contributed by atoms with E-state index in [0.29, 0.717) is 19.8 Å². The van der Waals surface area contributed by atoms with Gasteiger partial charge in [-0.05, 0) is 30.7 Å². The summed E-state index contributed by atoms with van der Waals surface area (Å²) in [5.74, 6) is -0.452. The summed E-state index contributed by atoms with van der Waals surface area (Å²) in [4.78, 5) is 14.7. The number of hydrogen-bond donors (Lipinski definition) is 1. The maximum absolute atomic E-state index is 12.9. The Labute approximate surface area is 178 Å². The molecule has 1 amide bonds. The number of benzene rings is 1. The number of hydrogen-bond acceptors (Lipinski definition) is 5. The molecule has 0 bridgehead atoms. The van der Waals surface area contributed by atoms with Crippen molar-refractivity contribution in [1.29, 1.82) is 0 Å². The molecule has 10 heteroatoms. The zero-order valence-electron chi connectivity index (χ0n) is 15.2. The number of halogens is 2. The molecule has 2 aromatic rings. The molecule has 28 heavy (non-hydrogen) atoms. The monoisotopic (exact) mass is 462 g/mol. The van der Waals surface area contributed by atoms with Gasteiger partial charge in [0.2, 0.25) is 10.0 Å². The number of thiophene rings is 1. The Bertz CT molecular complexity index is 970. The highest BCUT2D eigenvalue weighted by Crippen LogP contribution is 2.31. The van der Waals surface area contributed by atoms with Crippen molar-refractivity contribution in [3.05, 3.63) is 49.6 Å². The topological polar surface area (TPSA) is 75.7 Å². The maximum atomic E-state index is 12.9. The Morgan fingerprint density at radius 1 is 1.18 bits per heavy atom. The van der Waals surface area contributed by atoms with Crippen LogP contribution in [0.5, 0.6) is 0 Å². The standard InChI is InChI=1S/C18H20Cl2N2O4S2/c1-2-12-3-4-13(27-12)11-21-18(23)14-9-17(16(20)10-15(14)19)28(24,25)22-5-7-26-8-6-22/h3-4,9-10H,2,5-8,11H2,1H3,(H,21,23). The number of sulfonamides is 1. The van der Waals surface area contributed by atoms with Gasteiger partial charge in [-0.15, -0.1) is 11.3 Å². The first-order valence-electron chi connectivity index (χ1n) is 8.75. The van der Waals surface area contributed by atoms with Gasteiger partial charge in [-0.25, -0.2) is 8.42 Å². The number of rotatable bonds is 6. The van der Waals surface area contributed by atoms with Crippen LogP contribution >= 0.6 is 34.5 Å². The second-order valence-electron chi connectivity index (χ2n) is 6.18. The van der Waals surface area contributed by atoms with Crippen molar-refractivity contribution in [2.24, 2.45) is 0 Å². The lowest BCUT2D eigenvalue weighted by molar-refractivity contribution is 0.0730. The molecule has 1 aromatic heterocycles. The van der Waals surface area contributed by atoms with Crippen molar-refractivity contribution in [1.82, 2.24) is 9.62 Å². The van der Waals surface area contributed by atoms with Crippen LogP contribution in [0.1, 0.15) is 27.0 Å². The zero-order valence-corrected chi connectivity index (χ0v) is 18.3. The van der Waals surface area contributed by atoms with E-state index in [-0.39, 0.29) is 33.6 Å². The van der Waals surface area contributed by atoms with Crippen LogP contribution in [-0.2, 0) is 27.7 Å². The van der Waals surface area contributed by atoms with Crippen molar-refractivity contribution < 1.29 is 17.9 Å². The van der Waals surface area contributed by atoms with Gasteiger partial charge in [0.25, 0.3) is 5.91 Å². The minimum Gasteiger partial charge on any atom is -0.379 e. The van der Waals surface area contributed by atoms with Gasteiger partial charge < -0.3 is 10.1 Å². The predicted octanol–water partition coefficient (Wildman–Crippen LogP) is 3.57. The van der Waals surface area contributed by atoms with E-state index in [1.807, 2.05) is 12.1 Å². The van der Waals surface area contributed by atoms with E-state index in [4.69, 9.17) is 27.9 Å². The largest absolute Gasteiger partial charge is 0.379 e. The molecule has 0 unspecified atom stereocenters. The Morgan fingerprint density at radius 2 is 1.86 bits per heavy atom. The third-order valence-corrected chi connectivity index (χ3v) is 8.25. The molecule has 1 saturated heterocycles. The molecule has 0 atom stereocenters. The highest BCUT2D eigenvalue weighted by molar-refractivity contribution is 7.89. The van der Waals surface area contributed by atoms with Gasteiger partial charge >= 0.3 is 0 Å². The van der Waals surface area contributed by atoms with E-state index >= 15 is 0 Å². The quantitative estimate of drug-likeness (QED) is 0.711. The van der Waals surface area contributed by atoms with Crippen LogP contribution in [0, 0.1) is 0 Å². The number of carbonyl (C=O) groups excluding carboxylic acids is 1. The molecule has 3 rings (SSSR count). The Hall–Kier alpha value is -1.16. The van der Waals surface area contributed by atoms with Crippen molar-refractivity contribution in [2.45, 2.75) is 24.8 Å². The molecule has 1 aromatic carbocycles. The first-order valence-corrected chi connectivity index (χ1v) is 11.8. The summed E-state index contributed by atoms with van der Waals surface area (Å²) < 4.78 is 32.3. The Kier molecular flexibility index (Phi) is 7.01. The summed E-state index contributed by atoms with van der Waals surface area (Å²) in [5, 5.41) is 2.87. The summed E-state index contributed by atoms with van der Waals surface area (Å²) in [6.07, 6.45) is 0.935. The second kappa shape index (κ2) is 9.11. The normalized spacial score (nSPS) is 15.5. The fraction of sp³-hybridized carbons (Fsp3) is 0.389. The second-order valence-corrected chi connectivity index (χ2v) is 10.2. The fourth-order valence-corrected chi connectivity index (χ4v) is 5.94. The molecular formula is C18H20Cl2N2O4S2. The summed E-state index contributed by atoms with van der Waals surface area (Å²) in [5.41, 5.74) is 0.0742. The summed E-state index contributed by atoms with van der Waals surface area (Å²) in [6.45, 7) is 3.52. The number of nitrogens with one attached hydrogen (secondary N) is 1. The van der Waals surface area contributed by atoms with Crippen molar-refractivity contribution in [3.63, 3.8) is 0 Å². The van der Waals surface area contributed by atoms with Gasteiger partial charge in [0, 0.05) is 22.8 Å². The van der Waals surface area contributed by atoms with Crippen molar-refractivity contribution in [3.8, 4) is 0 Å².